The molecule has 0 radical (unpaired) electrons. The number of likely N-dealkylation sites (tertiary alicyclic amines) is 1. The van der Waals surface area contributed by atoms with Crippen LogP contribution in [0.5, 0.6) is 11.6 Å². The average molecular weight is 677 g/mol. The van der Waals surface area contributed by atoms with E-state index < -0.39 is 21.4 Å². The van der Waals surface area contributed by atoms with E-state index >= 15 is 4.39 Å². The van der Waals surface area contributed by atoms with Crippen LogP contribution in [0.2, 0.25) is 0 Å². The molecule has 3 heterocycles. The van der Waals surface area contributed by atoms with Crippen LogP contribution in [0.4, 0.5) is 20.8 Å². The summed E-state index contributed by atoms with van der Waals surface area (Å²) in [7, 11) is -3.75. The zero-order valence-corrected chi connectivity index (χ0v) is 28.4. The van der Waals surface area contributed by atoms with Crippen molar-refractivity contribution in [1.29, 1.82) is 0 Å². The molecule has 48 heavy (non-hydrogen) atoms. The molecule has 2 fully saturated rings. The maximum atomic E-state index is 15.1. The van der Waals surface area contributed by atoms with Gasteiger partial charge in [0.05, 0.1) is 22.7 Å². The first-order valence-corrected chi connectivity index (χ1v) is 17.9. The molecule has 4 aromatic rings. The van der Waals surface area contributed by atoms with Crippen LogP contribution in [0, 0.1) is 18.7 Å². The molecule has 1 saturated carbocycles. The van der Waals surface area contributed by atoms with Gasteiger partial charge in [-0.05, 0) is 95.2 Å². The van der Waals surface area contributed by atoms with Crippen molar-refractivity contribution < 1.29 is 27.1 Å². The second-order valence-corrected chi connectivity index (χ2v) is 15.3. The second kappa shape index (κ2) is 13.5. The Morgan fingerprint density at radius 1 is 1.02 bits per heavy atom. The highest BCUT2D eigenvalue weighted by Crippen LogP contribution is 2.40. The lowest BCUT2D eigenvalue weighted by Crippen LogP contribution is -2.47. The third-order valence-electron chi connectivity index (χ3n) is 8.54. The number of carbonyl (C=O) groups excluding carboxylic acids is 1. The van der Waals surface area contributed by atoms with Crippen molar-refractivity contribution >= 4 is 38.5 Å². The van der Waals surface area contributed by atoms with Crippen LogP contribution < -0.4 is 14.8 Å². The number of hydrogen-bond donors (Lipinski definition) is 2. The summed E-state index contributed by atoms with van der Waals surface area (Å²) in [6.07, 6.45) is 7.30. The second-order valence-electron chi connectivity index (χ2n) is 13.5. The van der Waals surface area contributed by atoms with E-state index in [2.05, 4.69) is 20.0 Å². The molecule has 1 aliphatic heterocycles. The number of halogens is 1. The van der Waals surface area contributed by atoms with Crippen molar-refractivity contribution in [3.05, 3.63) is 66.2 Å². The van der Waals surface area contributed by atoms with Crippen molar-refractivity contribution in [2.24, 2.45) is 5.92 Å². The minimum absolute atomic E-state index is 0.0339. The zero-order chi connectivity index (χ0) is 34.1. The topological polar surface area (TPSA) is 136 Å². The lowest BCUT2D eigenvalue weighted by Gasteiger charge is -2.34. The Bertz CT molecular complexity index is 1930. The molecule has 0 bridgehead atoms. The highest BCUT2D eigenvalue weighted by Gasteiger charge is 2.29. The summed E-state index contributed by atoms with van der Waals surface area (Å²) in [4.78, 5) is 28.0. The van der Waals surface area contributed by atoms with Crippen LogP contribution in [0.3, 0.4) is 0 Å². The molecule has 1 atom stereocenters. The van der Waals surface area contributed by atoms with Gasteiger partial charge in [0.25, 0.3) is 0 Å². The highest BCUT2D eigenvalue weighted by atomic mass is 32.2. The van der Waals surface area contributed by atoms with Gasteiger partial charge in [0.15, 0.2) is 0 Å². The van der Waals surface area contributed by atoms with Crippen molar-refractivity contribution in [2.45, 2.75) is 71.4 Å². The molecule has 1 aliphatic carbocycles. The molecular weight excluding hydrogens is 635 g/mol. The normalized spacial score (nSPS) is 17.1. The Morgan fingerprint density at radius 2 is 1.81 bits per heavy atom. The summed E-state index contributed by atoms with van der Waals surface area (Å²) in [5.74, 6) is 0.478. The quantitative estimate of drug-likeness (QED) is 0.187. The molecule has 0 unspecified atom stereocenters. The van der Waals surface area contributed by atoms with E-state index in [0.717, 1.165) is 37.7 Å². The summed E-state index contributed by atoms with van der Waals surface area (Å²) in [6.45, 7) is 8.49. The number of nitrogens with zero attached hydrogens (tertiary/aromatic N) is 4. The Labute approximate surface area is 280 Å². The van der Waals surface area contributed by atoms with Gasteiger partial charge in [-0.15, -0.1) is 0 Å². The number of rotatable bonds is 9. The zero-order valence-electron chi connectivity index (χ0n) is 27.6. The fourth-order valence-corrected chi connectivity index (χ4v) is 7.53. The molecule has 2 aromatic heterocycles. The van der Waals surface area contributed by atoms with Gasteiger partial charge in [0.2, 0.25) is 21.9 Å². The molecule has 0 spiro atoms. The number of carbonyl (C=O) groups is 1. The van der Waals surface area contributed by atoms with E-state index in [1.54, 1.807) is 47.6 Å². The van der Waals surface area contributed by atoms with Crippen LogP contribution in [0.1, 0.15) is 58.4 Å². The first kappa shape index (κ1) is 33.4. The minimum atomic E-state index is -3.75. The number of benzene rings is 2. The predicted molar refractivity (Wildman–Crippen MR) is 183 cm³/mol. The number of amides is 1. The van der Waals surface area contributed by atoms with Crippen molar-refractivity contribution in [1.82, 2.24) is 19.9 Å². The maximum Gasteiger partial charge on any atom is 0.410 e. The van der Waals surface area contributed by atoms with Crippen molar-refractivity contribution in [3.63, 3.8) is 0 Å². The summed E-state index contributed by atoms with van der Waals surface area (Å²) < 4.78 is 55.5. The first-order valence-electron chi connectivity index (χ1n) is 16.3. The summed E-state index contributed by atoms with van der Waals surface area (Å²) >= 11 is 0. The molecule has 1 amide bonds. The molecule has 6 rings (SSSR count). The van der Waals surface area contributed by atoms with Gasteiger partial charge in [-0.2, -0.15) is 0 Å². The molecule has 254 valence electrons. The number of pyridine rings is 1. The largest absolute Gasteiger partial charge is 0.444 e. The number of nitrogens with one attached hydrogen (secondary N) is 2. The first-order chi connectivity index (χ1) is 22.8. The number of sulfonamides is 1. The molecule has 1 saturated heterocycles. The van der Waals surface area contributed by atoms with Crippen LogP contribution in [-0.2, 0) is 14.8 Å². The van der Waals surface area contributed by atoms with E-state index in [0.29, 0.717) is 46.8 Å². The Kier molecular flexibility index (Phi) is 9.41. The van der Waals surface area contributed by atoms with Crippen LogP contribution in [-0.4, -0.2) is 64.8 Å². The van der Waals surface area contributed by atoms with Gasteiger partial charge in [-0.1, -0.05) is 18.6 Å². The van der Waals surface area contributed by atoms with Gasteiger partial charge in [-0.25, -0.2) is 32.6 Å². The number of ether oxygens (including phenoxy) is 2. The number of hydrogen-bond acceptors (Lipinski definition) is 9. The average Bonchev–Trinajstić information content (AvgIpc) is 3.01. The lowest BCUT2D eigenvalue weighted by atomic mass is 9.87. The van der Waals surface area contributed by atoms with Gasteiger partial charge in [-0.3, -0.25) is 4.72 Å². The van der Waals surface area contributed by atoms with Crippen LogP contribution in [0.25, 0.3) is 22.0 Å². The van der Waals surface area contributed by atoms with Crippen LogP contribution >= 0.6 is 0 Å². The third-order valence-corrected chi connectivity index (χ3v) is 9.97. The standard InChI is InChI=1S/C35H41FN6O5S/c1-22-12-13-25-26(14-15-28(36)30(25)41-48(44,45)21-23-8-5-9-23)31(22)46-32-27(11-6-17-37-32)29-16-18-38-33(40-29)39-24-10-7-19-42(20-24)34(43)47-35(2,3)4/h6,11-18,23-24,41H,5,7-10,19-21H2,1-4H3,(H,38,39,40)/t24-/m0/s1. The number of aromatic nitrogens is 3. The molecule has 13 heteroatoms. The summed E-state index contributed by atoms with van der Waals surface area (Å²) in [5.41, 5.74) is 1.24. The van der Waals surface area contributed by atoms with Crippen molar-refractivity contribution in [2.75, 3.05) is 28.9 Å². The van der Waals surface area contributed by atoms with Gasteiger partial charge in [0.1, 0.15) is 17.2 Å². The Hall–Kier alpha value is -4.52. The summed E-state index contributed by atoms with van der Waals surface area (Å²) in [6, 6.07) is 11.6. The highest BCUT2D eigenvalue weighted by molar-refractivity contribution is 7.92. The number of aryl methyl sites for hydroxylation is 1. The molecule has 2 aromatic carbocycles. The fourth-order valence-electron chi connectivity index (χ4n) is 5.98. The van der Waals surface area contributed by atoms with E-state index in [9.17, 15) is 13.2 Å². The SMILES string of the molecule is Cc1ccc2c(NS(=O)(=O)CC3CCC3)c(F)ccc2c1Oc1ncccc1-c1ccnc(N[C@H]2CCCN(C(=O)OC(C)(C)C)C2)n1. The number of anilines is 2. The maximum absolute atomic E-state index is 15.1. The fraction of sp³-hybridized carbons (Fsp3) is 0.429. The molecule has 11 nitrogen and oxygen atoms in total. The van der Waals surface area contributed by atoms with E-state index in [1.165, 1.54) is 6.07 Å². The third kappa shape index (κ3) is 7.78. The molecule has 2 N–H and O–H groups in total. The smallest absolute Gasteiger partial charge is 0.410 e. The molecule has 2 aliphatic rings. The number of piperidine rings is 1. The van der Waals surface area contributed by atoms with E-state index in [-0.39, 0.29) is 35.4 Å². The summed E-state index contributed by atoms with van der Waals surface area (Å²) in [5, 5.41) is 4.28. The lowest BCUT2D eigenvalue weighted by molar-refractivity contribution is 0.0206. The van der Waals surface area contributed by atoms with Gasteiger partial charge < -0.3 is 19.7 Å². The van der Waals surface area contributed by atoms with Crippen molar-refractivity contribution in [3.8, 4) is 22.9 Å². The molecular formula is C35H41FN6O5S. The Balaban J connectivity index is 1.25. The minimum Gasteiger partial charge on any atom is -0.444 e. The monoisotopic (exact) mass is 676 g/mol. The Morgan fingerprint density at radius 3 is 2.56 bits per heavy atom. The predicted octanol–water partition coefficient (Wildman–Crippen LogP) is 7.28. The van der Waals surface area contributed by atoms with E-state index in [1.807, 2.05) is 33.8 Å². The van der Waals surface area contributed by atoms with Gasteiger partial charge in [0, 0.05) is 42.3 Å². The van der Waals surface area contributed by atoms with Crippen LogP contribution in [0.15, 0.2) is 54.9 Å². The number of fused-ring (bicyclic) bond motifs is 1. The van der Waals surface area contributed by atoms with Gasteiger partial charge >= 0.3 is 6.09 Å². The van der Waals surface area contributed by atoms with E-state index in [4.69, 9.17) is 14.5 Å².